The molecule has 0 aliphatic rings. The van der Waals surface area contributed by atoms with Crippen LogP contribution >= 0.6 is 0 Å². The smallest absolute Gasteiger partial charge is 0.280 e. The van der Waals surface area contributed by atoms with Crippen molar-refractivity contribution >= 4 is 17.5 Å². The number of nitrogens with one attached hydrogen (secondary N) is 1. The summed E-state index contributed by atoms with van der Waals surface area (Å²) < 4.78 is 14.0. The van der Waals surface area contributed by atoms with Crippen molar-refractivity contribution in [2.75, 3.05) is 19.5 Å². The third kappa shape index (κ3) is 3.41. The fourth-order valence-electron chi connectivity index (χ4n) is 1.63. The third-order valence-corrected chi connectivity index (χ3v) is 2.81. The highest BCUT2D eigenvalue weighted by Crippen LogP contribution is 2.16. The number of anilines is 1. The summed E-state index contributed by atoms with van der Waals surface area (Å²) in [5.41, 5.74) is 0.133. The second kappa shape index (κ2) is 6.72. The van der Waals surface area contributed by atoms with E-state index in [-0.39, 0.29) is 16.9 Å². The minimum Gasteiger partial charge on any atom is -0.321 e. The van der Waals surface area contributed by atoms with Crippen molar-refractivity contribution in [2.24, 2.45) is 0 Å². The zero-order chi connectivity index (χ0) is 16.1. The van der Waals surface area contributed by atoms with Gasteiger partial charge in [0.25, 0.3) is 11.8 Å². The molecule has 1 aromatic heterocycles. The van der Waals surface area contributed by atoms with Gasteiger partial charge in [-0.15, -0.1) is 0 Å². The van der Waals surface area contributed by atoms with Crippen LogP contribution in [-0.4, -0.2) is 41.0 Å². The average molecular weight is 304 g/mol. The quantitative estimate of drug-likeness (QED) is 0.865. The van der Waals surface area contributed by atoms with Crippen molar-refractivity contribution in [3.8, 4) is 0 Å². The number of rotatable bonds is 4. The van der Waals surface area contributed by atoms with Crippen LogP contribution in [0.2, 0.25) is 0 Å². The lowest BCUT2D eigenvalue weighted by Gasteiger charge is -2.14. The van der Waals surface area contributed by atoms with E-state index < -0.39 is 17.6 Å². The predicted molar refractivity (Wildman–Crippen MR) is 75.5 cm³/mol. The van der Waals surface area contributed by atoms with Gasteiger partial charge in [0.15, 0.2) is 0 Å². The molecule has 0 saturated heterocycles. The summed E-state index contributed by atoms with van der Waals surface area (Å²) in [5, 5.41) is 3.37. The van der Waals surface area contributed by atoms with Gasteiger partial charge in [0.2, 0.25) is 0 Å². The van der Waals surface area contributed by atoms with E-state index in [1.807, 2.05) is 0 Å². The lowest BCUT2D eigenvalue weighted by molar-refractivity contribution is -0.0759. The van der Waals surface area contributed by atoms with Crippen LogP contribution in [0.4, 0.5) is 10.1 Å². The Hall–Kier alpha value is -2.87. The van der Waals surface area contributed by atoms with Gasteiger partial charge in [-0.1, -0.05) is 0 Å². The zero-order valence-electron chi connectivity index (χ0n) is 11.9. The van der Waals surface area contributed by atoms with E-state index in [0.29, 0.717) is 0 Å². The topological polar surface area (TPSA) is 84.4 Å². The molecule has 0 radical (unpaired) electrons. The second-order valence-electron chi connectivity index (χ2n) is 4.22. The fourth-order valence-corrected chi connectivity index (χ4v) is 1.63. The van der Waals surface area contributed by atoms with Crippen molar-refractivity contribution in [2.45, 2.75) is 0 Å². The number of amides is 2. The molecule has 0 aliphatic carbocycles. The minimum absolute atomic E-state index is 0.0992. The maximum absolute atomic E-state index is 14.0. The molecule has 0 saturated carbocycles. The summed E-state index contributed by atoms with van der Waals surface area (Å²) in [4.78, 5) is 36.0. The molecule has 0 fully saturated rings. The summed E-state index contributed by atoms with van der Waals surface area (Å²) >= 11 is 0. The molecule has 8 heteroatoms. The highest BCUT2D eigenvalue weighted by molar-refractivity contribution is 6.03. The first-order valence-electron chi connectivity index (χ1n) is 6.22. The van der Waals surface area contributed by atoms with Crippen LogP contribution in [0.5, 0.6) is 0 Å². The number of hydrogen-bond acceptors (Lipinski definition) is 5. The van der Waals surface area contributed by atoms with Crippen molar-refractivity contribution in [3.63, 3.8) is 0 Å². The van der Waals surface area contributed by atoms with Crippen LogP contribution in [0.3, 0.4) is 0 Å². The summed E-state index contributed by atoms with van der Waals surface area (Å²) in [5.74, 6) is -1.93. The fraction of sp³-hybridized carbons (Fsp3) is 0.143. The molecule has 7 nitrogen and oxygen atoms in total. The van der Waals surface area contributed by atoms with Gasteiger partial charge in [-0.05, 0) is 18.2 Å². The normalized spacial score (nSPS) is 10.1. The molecule has 0 aliphatic heterocycles. The predicted octanol–water partition coefficient (Wildman–Crippen LogP) is 1.50. The molecular formula is C14H13FN4O3. The molecule has 114 valence electrons. The van der Waals surface area contributed by atoms with Gasteiger partial charge in [-0.25, -0.2) is 14.4 Å². The molecule has 22 heavy (non-hydrogen) atoms. The number of carbonyl (C=O) groups excluding carboxylic acids is 2. The first-order chi connectivity index (χ1) is 10.5. The van der Waals surface area contributed by atoms with Crippen molar-refractivity contribution < 1.29 is 18.8 Å². The van der Waals surface area contributed by atoms with Gasteiger partial charge in [0.1, 0.15) is 11.5 Å². The number of aromatic nitrogens is 2. The van der Waals surface area contributed by atoms with Gasteiger partial charge in [-0.3, -0.25) is 19.4 Å². The monoisotopic (exact) mass is 304 g/mol. The Labute approximate surface area is 125 Å². The molecule has 0 bridgehead atoms. The van der Waals surface area contributed by atoms with Gasteiger partial charge in [0.05, 0.1) is 18.9 Å². The molecule has 2 rings (SSSR count). The first-order valence-corrected chi connectivity index (χ1v) is 6.22. The van der Waals surface area contributed by atoms with Crippen LogP contribution in [0.1, 0.15) is 20.8 Å². The first kappa shape index (κ1) is 15.5. The largest absolute Gasteiger partial charge is 0.321 e. The summed E-state index contributed by atoms with van der Waals surface area (Å²) in [6, 6.07) is 3.72. The molecule has 0 atom stereocenters. The standard InChI is InChI=1S/C14H13FN4O3/c1-19(22-2)14(21)10-4-3-9(7-11(10)15)18-13(20)12-8-16-5-6-17-12/h3-8H,1-2H3,(H,18,20). The third-order valence-electron chi connectivity index (χ3n) is 2.81. The van der Waals surface area contributed by atoms with Crippen molar-refractivity contribution in [1.29, 1.82) is 0 Å². The van der Waals surface area contributed by atoms with E-state index >= 15 is 0 Å². The summed E-state index contributed by atoms with van der Waals surface area (Å²) in [6.45, 7) is 0. The Morgan fingerprint density at radius 3 is 2.68 bits per heavy atom. The summed E-state index contributed by atoms with van der Waals surface area (Å²) in [6.07, 6.45) is 4.10. The van der Waals surface area contributed by atoms with Gasteiger partial charge < -0.3 is 5.32 Å². The van der Waals surface area contributed by atoms with Crippen LogP contribution in [0.15, 0.2) is 36.8 Å². The average Bonchev–Trinajstić information content (AvgIpc) is 2.54. The molecule has 2 amide bonds. The Balaban J connectivity index is 2.16. The number of nitrogens with zero attached hydrogens (tertiary/aromatic N) is 3. The minimum atomic E-state index is -0.772. The van der Waals surface area contributed by atoms with E-state index in [9.17, 15) is 14.0 Å². The van der Waals surface area contributed by atoms with Gasteiger partial charge in [0, 0.05) is 25.1 Å². The number of hydroxylamine groups is 2. The van der Waals surface area contributed by atoms with E-state index in [4.69, 9.17) is 4.84 Å². The van der Waals surface area contributed by atoms with Gasteiger partial charge >= 0.3 is 0 Å². The second-order valence-corrected chi connectivity index (χ2v) is 4.22. The Kier molecular flexibility index (Phi) is 4.74. The highest BCUT2D eigenvalue weighted by Gasteiger charge is 2.17. The number of carbonyl (C=O) groups is 2. The zero-order valence-corrected chi connectivity index (χ0v) is 11.9. The van der Waals surface area contributed by atoms with Crippen molar-refractivity contribution in [1.82, 2.24) is 15.0 Å². The molecule has 1 aromatic carbocycles. The Bertz CT molecular complexity index is 694. The molecule has 0 unspecified atom stereocenters. The molecule has 0 spiro atoms. The van der Waals surface area contributed by atoms with Crippen LogP contribution in [0.25, 0.3) is 0 Å². The van der Waals surface area contributed by atoms with E-state index in [1.165, 1.54) is 44.9 Å². The van der Waals surface area contributed by atoms with Crippen LogP contribution in [0, 0.1) is 5.82 Å². The highest BCUT2D eigenvalue weighted by atomic mass is 19.1. The summed E-state index contributed by atoms with van der Waals surface area (Å²) in [7, 11) is 2.66. The Morgan fingerprint density at radius 2 is 2.09 bits per heavy atom. The Morgan fingerprint density at radius 1 is 1.32 bits per heavy atom. The van der Waals surface area contributed by atoms with E-state index in [2.05, 4.69) is 15.3 Å². The van der Waals surface area contributed by atoms with Crippen molar-refractivity contribution in [3.05, 3.63) is 53.9 Å². The van der Waals surface area contributed by atoms with E-state index in [1.54, 1.807) is 0 Å². The molecule has 1 heterocycles. The van der Waals surface area contributed by atoms with Crippen LogP contribution in [-0.2, 0) is 4.84 Å². The number of benzene rings is 1. The molecule has 1 N–H and O–H groups in total. The molecular weight excluding hydrogens is 291 g/mol. The maximum Gasteiger partial charge on any atom is 0.280 e. The lowest BCUT2D eigenvalue weighted by Crippen LogP contribution is -2.26. The lowest BCUT2D eigenvalue weighted by atomic mass is 10.1. The van der Waals surface area contributed by atoms with E-state index in [0.717, 1.165) is 11.1 Å². The number of hydrogen-bond donors (Lipinski definition) is 1. The number of halogens is 1. The maximum atomic E-state index is 14.0. The van der Waals surface area contributed by atoms with Crippen LogP contribution < -0.4 is 5.32 Å². The van der Waals surface area contributed by atoms with Gasteiger partial charge in [-0.2, -0.15) is 0 Å². The SMILES string of the molecule is CON(C)C(=O)c1ccc(NC(=O)c2cnccn2)cc1F. The molecule has 2 aromatic rings.